The van der Waals surface area contributed by atoms with Gasteiger partial charge in [-0.3, -0.25) is 4.79 Å². The van der Waals surface area contributed by atoms with E-state index in [1.165, 1.54) is 0 Å². The van der Waals surface area contributed by atoms with Crippen LogP contribution in [0.1, 0.15) is 65.2 Å². The Bertz CT molecular complexity index is 264. The fourth-order valence-corrected chi connectivity index (χ4v) is 3.46. The van der Waals surface area contributed by atoms with Crippen molar-refractivity contribution in [3.8, 4) is 0 Å². The molecule has 3 atom stereocenters. The summed E-state index contributed by atoms with van der Waals surface area (Å²) < 4.78 is 5.45. The van der Waals surface area contributed by atoms with Crippen LogP contribution in [0.4, 0.5) is 0 Å². The monoisotopic (exact) mass is 256 g/mol. The Morgan fingerprint density at radius 2 is 2.11 bits per heavy atom. The zero-order valence-corrected chi connectivity index (χ0v) is 12.1. The van der Waals surface area contributed by atoms with Gasteiger partial charge in [0, 0.05) is 7.11 Å². The van der Waals surface area contributed by atoms with E-state index in [4.69, 9.17) is 4.74 Å². The molecule has 0 aromatic heterocycles. The molecule has 0 spiro atoms. The summed E-state index contributed by atoms with van der Waals surface area (Å²) >= 11 is 0. The number of aliphatic carboxylic acids is 1. The molecule has 0 heterocycles. The first-order chi connectivity index (χ1) is 8.60. The molecule has 0 aliphatic heterocycles. The van der Waals surface area contributed by atoms with E-state index in [2.05, 4.69) is 6.92 Å². The van der Waals surface area contributed by atoms with Gasteiger partial charge >= 0.3 is 5.97 Å². The molecule has 0 bridgehead atoms. The van der Waals surface area contributed by atoms with E-state index in [9.17, 15) is 9.90 Å². The molecular weight excluding hydrogens is 228 g/mol. The van der Waals surface area contributed by atoms with Crippen molar-refractivity contribution in [1.29, 1.82) is 0 Å². The van der Waals surface area contributed by atoms with Gasteiger partial charge in [-0.1, -0.05) is 33.1 Å². The highest BCUT2D eigenvalue weighted by Crippen LogP contribution is 2.45. The van der Waals surface area contributed by atoms with E-state index in [1.807, 2.05) is 6.92 Å². The summed E-state index contributed by atoms with van der Waals surface area (Å²) in [6.45, 7) is 4.15. The summed E-state index contributed by atoms with van der Waals surface area (Å²) in [6.07, 6.45) is 8.04. The summed E-state index contributed by atoms with van der Waals surface area (Å²) in [6, 6.07) is 0. The molecule has 106 valence electrons. The van der Waals surface area contributed by atoms with Crippen LogP contribution in [0.5, 0.6) is 0 Å². The number of hydrogen-bond acceptors (Lipinski definition) is 2. The Balaban J connectivity index is 2.83. The molecule has 0 aromatic carbocycles. The lowest BCUT2D eigenvalue weighted by molar-refractivity contribution is -0.156. The van der Waals surface area contributed by atoms with Crippen molar-refractivity contribution >= 4 is 5.97 Å². The number of carboxylic acids is 1. The van der Waals surface area contributed by atoms with E-state index in [1.54, 1.807) is 7.11 Å². The van der Waals surface area contributed by atoms with E-state index in [-0.39, 0.29) is 12.0 Å². The van der Waals surface area contributed by atoms with Crippen molar-refractivity contribution in [3.05, 3.63) is 0 Å². The van der Waals surface area contributed by atoms with Gasteiger partial charge < -0.3 is 9.84 Å². The minimum Gasteiger partial charge on any atom is -0.481 e. The number of carboxylic acid groups (broad SMARTS) is 1. The van der Waals surface area contributed by atoms with Crippen molar-refractivity contribution in [3.63, 3.8) is 0 Å². The Kier molecular flexibility index (Phi) is 6.13. The lowest BCUT2D eigenvalue weighted by atomic mass is 9.64. The molecule has 3 unspecified atom stereocenters. The van der Waals surface area contributed by atoms with Gasteiger partial charge in [-0.2, -0.15) is 0 Å². The third kappa shape index (κ3) is 3.25. The van der Waals surface area contributed by atoms with Crippen LogP contribution in [0.25, 0.3) is 0 Å². The maximum Gasteiger partial charge on any atom is 0.309 e. The molecule has 3 heteroatoms. The van der Waals surface area contributed by atoms with E-state index in [0.717, 1.165) is 51.4 Å². The molecule has 1 rings (SSSR count). The molecule has 1 fully saturated rings. The SMILES string of the molecule is CCCCC(CC)(C(=O)O)C1CCCC(OC)C1. The lowest BCUT2D eigenvalue weighted by Gasteiger charge is -2.41. The van der Waals surface area contributed by atoms with E-state index in [0.29, 0.717) is 0 Å². The maximum absolute atomic E-state index is 11.8. The molecule has 0 saturated heterocycles. The summed E-state index contributed by atoms with van der Waals surface area (Å²) in [5, 5.41) is 9.72. The number of methoxy groups -OCH3 is 1. The van der Waals surface area contributed by atoms with Gasteiger partial charge in [-0.05, 0) is 38.0 Å². The number of carbonyl (C=O) groups is 1. The second-order valence-corrected chi connectivity index (χ2v) is 5.64. The van der Waals surface area contributed by atoms with Crippen LogP contribution in [0.15, 0.2) is 0 Å². The first-order valence-corrected chi connectivity index (χ1v) is 7.36. The summed E-state index contributed by atoms with van der Waals surface area (Å²) in [5.74, 6) is -0.314. The van der Waals surface area contributed by atoms with E-state index < -0.39 is 11.4 Å². The number of unbranched alkanes of at least 4 members (excludes halogenated alkanes) is 1. The summed E-state index contributed by atoms with van der Waals surface area (Å²) in [4.78, 5) is 11.8. The van der Waals surface area contributed by atoms with Gasteiger partial charge in [0.05, 0.1) is 11.5 Å². The van der Waals surface area contributed by atoms with Crippen LogP contribution in [-0.4, -0.2) is 24.3 Å². The third-order valence-corrected chi connectivity index (χ3v) is 4.77. The molecule has 0 radical (unpaired) electrons. The Morgan fingerprint density at radius 3 is 2.61 bits per heavy atom. The quantitative estimate of drug-likeness (QED) is 0.752. The van der Waals surface area contributed by atoms with Gasteiger partial charge in [0.2, 0.25) is 0 Å². The van der Waals surface area contributed by atoms with Crippen LogP contribution in [0, 0.1) is 11.3 Å². The zero-order chi connectivity index (χ0) is 13.6. The second-order valence-electron chi connectivity index (χ2n) is 5.64. The van der Waals surface area contributed by atoms with Crippen LogP contribution in [0.3, 0.4) is 0 Å². The average Bonchev–Trinajstić information content (AvgIpc) is 2.40. The summed E-state index contributed by atoms with van der Waals surface area (Å²) in [5.41, 5.74) is -0.521. The molecule has 0 aromatic rings. The predicted octanol–water partition coefficient (Wildman–Crippen LogP) is 3.86. The average molecular weight is 256 g/mol. The Hall–Kier alpha value is -0.570. The van der Waals surface area contributed by atoms with Crippen molar-refractivity contribution in [2.24, 2.45) is 11.3 Å². The number of rotatable bonds is 7. The number of hydrogen-bond donors (Lipinski definition) is 1. The van der Waals surface area contributed by atoms with Crippen molar-refractivity contribution in [2.45, 2.75) is 71.3 Å². The fraction of sp³-hybridized carbons (Fsp3) is 0.933. The van der Waals surface area contributed by atoms with Gasteiger partial charge in [0.25, 0.3) is 0 Å². The molecule has 18 heavy (non-hydrogen) atoms. The normalized spacial score (nSPS) is 27.7. The smallest absolute Gasteiger partial charge is 0.309 e. The molecule has 1 aliphatic carbocycles. The minimum absolute atomic E-state index is 0.260. The Labute approximate surface area is 111 Å². The zero-order valence-electron chi connectivity index (χ0n) is 12.1. The highest BCUT2D eigenvalue weighted by Gasteiger charge is 2.45. The molecular formula is C15H28O3. The van der Waals surface area contributed by atoms with Gasteiger partial charge in [-0.25, -0.2) is 0 Å². The number of ether oxygens (including phenoxy) is 1. The molecule has 1 aliphatic rings. The van der Waals surface area contributed by atoms with Gasteiger partial charge in [0.1, 0.15) is 0 Å². The van der Waals surface area contributed by atoms with Crippen LogP contribution in [-0.2, 0) is 9.53 Å². The topological polar surface area (TPSA) is 46.5 Å². The van der Waals surface area contributed by atoms with Crippen LogP contribution >= 0.6 is 0 Å². The fourth-order valence-electron chi connectivity index (χ4n) is 3.46. The van der Waals surface area contributed by atoms with Crippen molar-refractivity contribution in [1.82, 2.24) is 0 Å². The molecule has 1 saturated carbocycles. The van der Waals surface area contributed by atoms with Crippen LogP contribution < -0.4 is 0 Å². The maximum atomic E-state index is 11.8. The molecule has 0 amide bonds. The molecule has 3 nitrogen and oxygen atoms in total. The third-order valence-electron chi connectivity index (χ3n) is 4.77. The molecule has 1 N–H and O–H groups in total. The largest absolute Gasteiger partial charge is 0.481 e. The first kappa shape index (κ1) is 15.5. The Morgan fingerprint density at radius 1 is 1.39 bits per heavy atom. The van der Waals surface area contributed by atoms with Crippen molar-refractivity contribution < 1.29 is 14.6 Å². The highest BCUT2D eigenvalue weighted by atomic mass is 16.5. The predicted molar refractivity (Wildman–Crippen MR) is 72.6 cm³/mol. The second kappa shape index (κ2) is 7.13. The van der Waals surface area contributed by atoms with Crippen molar-refractivity contribution in [2.75, 3.05) is 7.11 Å². The van der Waals surface area contributed by atoms with Crippen LogP contribution in [0.2, 0.25) is 0 Å². The van der Waals surface area contributed by atoms with Gasteiger partial charge in [-0.15, -0.1) is 0 Å². The van der Waals surface area contributed by atoms with Gasteiger partial charge in [0.15, 0.2) is 0 Å². The first-order valence-electron chi connectivity index (χ1n) is 7.36. The highest BCUT2D eigenvalue weighted by molar-refractivity contribution is 5.75. The van der Waals surface area contributed by atoms with E-state index >= 15 is 0 Å². The minimum atomic E-state index is -0.597. The lowest BCUT2D eigenvalue weighted by Crippen LogP contribution is -2.42. The standard InChI is InChI=1S/C15H28O3/c1-4-6-10-15(5-2,14(16)17)12-8-7-9-13(11-12)18-3/h12-13H,4-11H2,1-3H3,(H,16,17). The summed E-state index contributed by atoms with van der Waals surface area (Å²) in [7, 11) is 1.74.